The van der Waals surface area contributed by atoms with E-state index in [1.54, 1.807) is 7.11 Å². The molecule has 1 amide bonds. The predicted octanol–water partition coefficient (Wildman–Crippen LogP) is 3.08. The molecule has 27 heavy (non-hydrogen) atoms. The minimum Gasteiger partial charge on any atom is -0.497 e. The van der Waals surface area contributed by atoms with Gasteiger partial charge in [-0.2, -0.15) is 0 Å². The van der Waals surface area contributed by atoms with Gasteiger partial charge in [0.1, 0.15) is 5.75 Å². The summed E-state index contributed by atoms with van der Waals surface area (Å²) in [6.07, 6.45) is 6.23. The highest BCUT2D eigenvalue weighted by atomic mass is 16.5. The van der Waals surface area contributed by atoms with E-state index in [1.807, 2.05) is 17.0 Å². The van der Waals surface area contributed by atoms with Gasteiger partial charge in [-0.05, 0) is 55.7 Å². The summed E-state index contributed by atoms with van der Waals surface area (Å²) in [4.78, 5) is 17.0. The monoisotopic (exact) mass is 372 g/mol. The van der Waals surface area contributed by atoms with Crippen LogP contribution in [0.15, 0.2) is 24.3 Å². The summed E-state index contributed by atoms with van der Waals surface area (Å²) in [5, 5.41) is 0. The fraction of sp³-hybridized carbons (Fsp3) is 0.682. The normalized spacial score (nSPS) is 25.2. The second-order valence-corrected chi connectivity index (χ2v) is 8.48. The average molecular weight is 373 g/mol. The lowest BCUT2D eigenvalue weighted by atomic mass is 9.84. The van der Waals surface area contributed by atoms with Gasteiger partial charge in [0, 0.05) is 39.1 Å². The molecule has 3 heterocycles. The zero-order valence-corrected chi connectivity index (χ0v) is 16.5. The molecule has 0 aliphatic carbocycles. The zero-order valence-electron chi connectivity index (χ0n) is 16.5. The van der Waals surface area contributed by atoms with Crippen LogP contribution in [0.4, 0.5) is 0 Å². The van der Waals surface area contributed by atoms with Crippen molar-refractivity contribution in [2.75, 3.05) is 39.9 Å². The minimum atomic E-state index is 0.0202. The summed E-state index contributed by atoms with van der Waals surface area (Å²) in [6.45, 7) is 5.79. The molecule has 0 bridgehead atoms. The van der Waals surface area contributed by atoms with Crippen LogP contribution in [0.2, 0.25) is 0 Å². The van der Waals surface area contributed by atoms with Crippen molar-refractivity contribution in [1.29, 1.82) is 0 Å². The number of carbonyl (C=O) groups excluding carboxylic acids is 1. The number of hydrogen-bond donors (Lipinski definition) is 0. The lowest BCUT2D eigenvalue weighted by molar-refractivity contribution is -0.131. The summed E-state index contributed by atoms with van der Waals surface area (Å²) < 4.78 is 11.5. The summed E-state index contributed by atoms with van der Waals surface area (Å²) in [5.41, 5.74) is 1.35. The van der Waals surface area contributed by atoms with Crippen molar-refractivity contribution in [3.05, 3.63) is 29.8 Å². The molecule has 4 rings (SSSR count). The minimum absolute atomic E-state index is 0.0202. The second kappa shape index (κ2) is 8.19. The Morgan fingerprint density at radius 2 is 1.85 bits per heavy atom. The van der Waals surface area contributed by atoms with E-state index in [0.29, 0.717) is 18.2 Å². The Morgan fingerprint density at radius 3 is 2.52 bits per heavy atom. The van der Waals surface area contributed by atoms with Gasteiger partial charge in [-0.25, -0.2) is 0 Å². The Kier molecular flexibility index (Phi) is 5.69. The van der Waals surface area contributed by atoms with Crippen molar-refractivity contribution in [2.24, 2.45) is 5.92 Å². The average Bonchev–Trinajstić information content (AvgIpc) is 3.35. The van der Waals surface area contributed by atoms with E-state index in [9.17, 15) is 4.79 Å². The smallest absolute Gasteiger partial charge is 0.222 e. The number of amides is 1. The molecule has 3 aliphatic rings. The Labute approximate surface area is 162 Å². The highest BCUT2D eigenvalue weighted by molar-refractivity contribution is 5.76. The van der Waals surface area contributed by atoms with Gasteiger partial charge in [-0.15, -0.1) is 0 Å². The van der Waals surface area contributed by atoms with Crippen molar-refractivity contribution in [3.8, 4) is 5.75 Å². The molecule has 3 fully saturated rings. The molecule has 0 aromatic heterocycles. The SMILES string of the molecule is COc1ccc(CN2CCC3(CC2)C[C@H](CC(=O)N2CCCC2)CO3)cc1. The first-order valence-corrected chi connectivity index (χ1v) is 10.4. The van der Waals surface area contributed by atoms with Crippen LogP contribution in [0, 0.1) is 5.92 Å². The number of benzene rings is 1. The lowest BCUT2D eigenvalue weighted by Gasteiger charge is -2.38. The Hall–Kier alpha value is -1.59. The summed E-state index contributed by atoms with van der Waals surface area (Å²) in [5.74, 6) is 1.66. The Balaban J connectivity index is 1.24. The number of likely N-dealkylation sites (tertiary alicyclic amines) is 2. The number of ether oxygens (including phenoxy) is 2. The highest BCUT2D eigenvalue weighted by Gasteiger charge is 2.43. The topological polar surface area (TPSA) is 42.0 Å². The van der Waals surface area contributed by atoms with E-state index < -0.39 is 0 Å². The lowest BCUT2D eigenvalue weighted by Crippen LogP contribution is -2.43. The Morgan fingerprint density at radius 1 is 1.15 bits per heavy atom. The van der Waals surface area contributed by atoms with E-state index in [1.165, 1.54) is 18.4 Å². The van der Waals surface area contributed by atoms with Crippen molar-refractivity contribution in [1.82, 2.24) is 9.80 Å². The summed E-state index contributed by atoms with van der Waals surface area (Å²) in [7, 11) is 1.70. The molecule has 0 radical (unpaired) electrons. The van der Waals surface area contributed by atoms with Gasteiger partial charge in [-0.1, -0.05) is 12.1 Å². The third kappa shape index (κ3) is 4.46. The van der Waals surface area contributed by atoms with E-state index in [4.69, 9.17) is 9.47 Å². The van der Waals surface area contributed by atoms with Crippen molar-refractivity contribution >= 4 is 5.91 Å². The van der Waals surface area contributed by atoms with Crippen molar-refractivity contribution < 1.29 is 14.3 Å². The second-order valence-electron chi connectivity index (χ2n) is 8.48. The maximum absolute atomic E-state index is 12.4. The van der Waals surface area contributed by atoms with E-state index in [-0.39, 0.29) is 5.60 Å². The molecule has 1 aromatic rings. The van der Waals surface area contributed by atoms with Crippen molar-refractivity contribution in [3.63, 3.8) is 0 Å². The molecule has 3 aliphatic heterocycles. The Bertz CT molecular complexity index is 631. The van der Waals surface area contributed by atoms with Crippen LogP contribution in [0.3, 0.4) is 0 Å². The van der Waals surface area contributed by atoms with Gasteiger partial charge in [0.05, 0.1) is 19.3 Å². The number of carbonyl (C=O) groups is 1. The number of nitrogens with zero attached hydrogens (tertiary/aromatic N) is 2. The van der Waals surface area contributed by atoms with E-state index >= 15 is 0 Å². The van der Waals surface area contributed by atoms with Gasteiger partial charge >= 0.3 is 0 Å². The molecule has 148 valence electrons. The zero-order chi connectivity index (χ0) is 18.7. The van der Waals surface area contributed by atoms with Gasteiger partial charge in [0.15, 0.2) is 0 Å². The number of methoxy groups -OCH3 is 1. The van der Waals surface area contributed by atoms with Gasteiger partial charge in [-0.3, -0.25) is 9.69 Å². The van der Waals surface area contributed by atoms with Gasteiger partial charge in [0.25, 0.3) is 0 Å². The summed E-state index contributed by atoms with van der Waals surface area (Å²) in [6, 6.07) is 8.36. The molecule has 0 saturated carbocycles. The molecular formula is C22H32N2O3. The standard InChI is InChI=1S/C22H32N2O3/c1-26-20-6-4-18(5-7-20)16-23-12-8-22(9-13-23)15-19(17-27-22)14-21(25)24-10-2-3-11-24/h4-7,19H,2-3,8-17H2,1H3/t19-/m0/s1. The first-order valence-electron chi connectivity index (χ1n) is 10.4. The number of hydrogen-bond acceptors (Lipinski definition) is 4. The number of piperidine rings is 1. The fourth-order valence-electron chi connectivity index (χ4n) is 4.87. The fourth-order valence-corrected chi connectivity index (χ4v) is 4.87. The van der Waals surface area contributed by atoms with Crippen LogP contribution in [0.5, 0.6) is 5.75 Å². The van der Waals surface area contributed by atoms with Crippen LogP contribution in [0.25, 0.3) is 0 Å². The first-order chi connectivity index (χ1) is 13.2. The molecule has 5 heteroatoms. The summed E-state index contributed by atoms with van der Waals surface area (Å²) >= 11 is 0. The van der Waals surface area contributed by atoms with Crippen LogP contribution in [0.1, 0.15) is 44.1 Å². The number of rotatable bonds is 5. The maximum Gasteiger partial charge on any atom is 0.222 e. The molecule has 3 saturated heterocycles. The molecular weight excluding hydrogens is 340 g/mol. The van der Waals surface area contributed by atoms with Crippen LogP contribution in [-0.2, 0) is 16.1 Å². The van der Waals surface area contributed by atoms with Crippen LogP contribution >= 0.6 is 0 Å². The molecule has 1 aromatic carbocycles. The van der Waals surface area contributed by atoms with Crippen LogP contribution in [-0.4, -0.2) is 61.2 Å². The molecule has 0 N–H and O–H groups in total. The molecule has 0 unspecified atom stereocenters. The van der Waals surface area contributed by atoms with E-state index in [0.717, 1.165) is 64.3 Å². The van der Waals surface area contributed by atoms with Crippen LogP contribution < -0.4 is 4.74 Å². The largest absolute Gasteiger partial charge is 0.497 e. The maximum atomic E-state index is 12.4. The van der Waals surface area contributed by atoms with Crippen molar-refractivity contribution in [2.45, 2.75) is 50.7 Å². The molecule has 1 atom stereocenters. The quantitative estimate of drug-likeness (QED) is 0.797. The third-order valence-corrected chi connectivity index (χ3v) is 6.54. The predicted molar refractivity (Wildman–Crippen MR) is 105 cm³/mol. The van der Waals surface area contributed by atoms with Gasteiger partial charge < -0.3 is 14.4 Å². The highest BCUT2D eigenvalue weighted by Crippen LogP contribution is 2.40. The molecule has 5 nitrogen and oxygen atoms in total. The molecule has 1 spiro atoms. The van der Waals surface area contributed by atoms with E-state index in [2.05, 4.69) is 17.0 Å². The van der Waals surface area contributed by atoms with Gasteiger partial charge in [0.2, 0.25) is 5.91 Å². The first kappa shape index (κ1) is 18.8. The third-order valence-electron chi connectivity index (χ3n) is 6.54.